The van der Waals surface area contributed by atoms with Gasteiger partial charge in [-0.2, -0.15) is 0 Å². The third-order valence-electron chi connectivity index (χ3n) is 3.58. The van der Waals surface area contributed by atoms with Crippen molar-refractivity contribution in [2.24, 2.45) is 0 Å². The SMILES string of the molecule is COc1ccc(Cn2ccc3ccc(C)cc32)cc1N. The predicted octanol–water partition coefficient (Wildman–Crippen LogP) is 3.59. The maximum atomic E-state index is 5.96. The van der Waals surface area contributed by atoms with Crippen molar-refractivity contribution in [3.63, 3.8) is 0 Å². The summed E-state index contributed by atoms with van der Waals surface area (Å²) in [5.74, 6) is 0.724. The van der Waals surface area contributed by atoms with Crippen LogP contribution in [0.2, 0.25) is 0 Å². The summed E-state index contributed by atoms with van der Waals surface area (Å²) < 4.78 is 7.43. The van der Waals surface area contributed by atoms with E-state index in [1.165, 1.54) is 22.0 Å². The Morgan fingerprint density at radius 3 is 2.70 bits per heavy atom. The summed E-state index contributed by atoms with van der Waals surface area (Å²) >= 11 is 0. The van der Waals surface area contributed by atoms with Crippen molar-refractivity contribution in [1.82, 2.24) is 4.57 Å². The van der Waals surface area contributed by atoms with Crippen LogP contribution in [0.1, 0.15) is 11.1 Å². The Hall–Kier alpha value is -2.42. The number of nitrogens with two attached hydrogens (primary N) is 1. The topological polar surface area (TPSA) is 40.2 Å². The number of methoxy groups -OCH3 is 1. The van der Waals surface area contributed by atoms with Gasteiger partial charge < -0.3 is 15.0 Å². The van der Waals surface area contributed by atoms with Crippen molar-refractivity contribution in [2.45, 2.75) is 13.5 Å². The third-order valence-corrected chi connectivity index (χ3v) is 3.58. The molecule has 0 amide bonds. The van der Waals surface area contributed by atoms with Crippen LogP contribution in [0.5, 0.6) is 5.75 Å². The average Bonchev–Trinajstić information content (AvgIpc) is 2.82. The number of fused-ring (bicyclic) bond motifs is 1. The molecule has 20 heavy (non-hydrogen) atoms. The van der Waals surface area contributed by atoms with Gasteiger partial charge in [0.1, 0.15) is 5.75 Å². The van der Waals surface area contributed by atoms with Crippen LogP contribution in [-0.2, 0) is 6.54 Å². The highest BCUT2D eigenvalue weighted by molar-refractivity contribution is 5.80. The molecule has 0 bridgehead atoms. The normalized spacial score (nSPS) is 10.9. The Balaban J connectivity index is 1.97. The molecule has 0 aliphatic heterocycles. The van der Waals surface area contributed by atoms with Gasteiger partial charge in [0.2, 0.25) is 0 Å². The summed E-state index contributed by atoms with van der Waals surface area (Å²) in [4.78, 5) is 0. The number of benzene rings is 2. The van der Waals surface area contributed by atoms with Crippen LogP contribution >= 0.6 is 0 Å². The van der Waals surface area contributed by atoms with E-state index < -0.39 is 0 Å². The van der Waals surface area contributed by atoms with Crippen LogP contribution in [-0.4, -0.2) is 11.7 Å². The van der Waals surface area contributed by atoms with Gasteiger partial charge in [-0.15, -0.1) is 0 Å². The van der Waals surface area contributed by atoms with E-state index in [1.807, 2.05) is 12.1 Å². The molecule has 1 aromatic heterocycles. The van der Waals surface area contributed by atoms with Crippen LogP contribution in [0.25, 0.3) is 10.9 Å². The second-order valence-corrected chi connectivity index (χ2v) is 5.08. The smallest absolute Gasteiger partial charge is 0.141 e. The number of nitrogen functional groups attached to an aromatic ring is 1. The Morgan fingerprint density at radius 2 is 1.95 bits per heavy atom. The Morgan fingerprint density at radius 1 is 1.10 bits per heavy atom. The van der Waals surface area contributed by atoms with Gasteiger partial charge in [-0.1, -0.05) is 18.2 Å². The molecule has 0 fully saturated rings. The molecule has 0 atom stereocenters. The lowest BCUT2D eigenvalue weighted by atomic mass is 10.1. The molecular formula is C17H18N2O. The van der Waals surface area contributed by atoms with Gasteiger partial charge in [-0.3, -0.25) is 0 Å². The van der Waals surface area contributed by atoms with Crippen molar-refractivity contribution >= 4 is 16.6 Å². The minimum Gasteiger partial charge on any atom is -0.495 e. The molecule has 0 aliphatic rings. The number of aryl methyl sites for hydroxylation is 1. The quantitative estimate of drug-likeness (QED) is 0.736. The van der Waals surface area contributed by atoms with Gasteiger partial charge in [-0.25, -0.2) is 0 Å². The van der Waals surface area contributed by atoms with Crippen LogP contribution in [0.4, 0.5) is 5.69 Å². The maximum Gasteiger partial charge on any atom is 0.141 e. The van der Waals surface area contributed by atoms with Gasteiger partial charge in [-0.05, 0) is 47.7 Å². The third kappa shape index (κ3) is 2.23. The highest BCUT2D eigenvalue weighted by Crippen LogP contribution is 2.24. The molecule has 0 saturated carbocycles. The van der Waals surface area contributed by atoms with E-state index in [0.717, 1.165) is 12.3 Å². The first-order valence-electron chi connectivity index (χ1n) is 6.65. The van der Waals surface area contributed by atoms with Gasteiger partial charge in [0, 0.05) is 18.3 Å². The first-order valence-corrected chi connectivity index (χ1v) is 6.65. The van der Waals surface area contributed by atoms with Crippen LogP contribution < -0.4 is 10.5 Å². The van der Waals surface area contributed by atoms with Crippen LogP contribution in [0, 0.1) is 6.92 Å². The Bertz CT molecular complexity index is 759. The highest BCUT2D eigenvalue weighted by Gasteiger charge is 2.04. The molecule has 3 rings (SSSR count). The van der Waals surface area contributed by atoms with E-state index >= 15 is 0 Å². The van der Waals surface area contributed by atoms with E-state index in [9.17, 15) is 0 Å². The zero-order chi connectivity index (χ0) is 14.1. The number of rotatable bonds is 3. The number of nitrogens with zero attached hydrogens (tertiary/aromatic N) is 1. The summed E-state index contributed by atoms with van der Waals surface area (Å²) in [5.41, 5.74) is 10.3. The predicted molar refractivity (Wildman–Crippen MR) is 83.2 cm³/mol. The Labute approximate surface area is 118 Å². The zero-order valence-corrected chi connectivity index (χ0v) is 11.8. The number of hydrogen-bond acceptors (Lipinski definition) is 2. The molecule has 3 aromatic rings. The molecule has 2 aromatic carbocycles. The van der Waals surface area contributed by atoms with Crippen molar-refractivity contribution < 1.29 is 4.74 Å². The van der Waals surface area contributed by atoms with Gasteiger partial charge >= 0.3 is 0 Å². The van der Waals surface area contributed by atoms with Crippen molar-refractivity contribution in [3.05, 3.63) is 59.8 Å². The number of hydrogen-bond donors (Lipinski definition) is 1. The number of anilines is 1. The fraction of sp³-hybridized carbons (Fsp3) is 0.176. The monoisotopic (exact) mass is 266 g/mol. The van der Waals surface area contributed by atoms with Crippen molar-refractivity contribution in [2.75, 3.05) is 12.8 Å². The average molecular weight is 266 g/mol. The van der Waals surface area contributed by atoms with Gasteiger partial charge in [0.15, 0.2) is 0 Å². The molecule has 0 unspecified atom stereocenters. The molecule has 3 nitrogen and oxygen atoms in total. The molecule has 102 valence electrons. The molecule has 0 spiro atoms. The Kier molecular flexibility index (Phi) is 3.11. The number of ether oxygens (including phenoxy) is 1. The molecule has 0 aliphatic carbocycles. The van der Waals surface area contributed by atoms with Gasteiger partial charge in [0.05, 0.1) is 12.8 Å². The van der Waals surface area contributed by atoms with E-state index in [1.54, 1.807) is 7.11 Å². The standard InChI is InChI=1S/C17H18N2O/c1-12-3-5-14-7-8-19(16(14)9-12)11-13-4-6-17(20-2)15(18)10-13/h3-10H,11,18H2,1-2H3. The second kappa shape index (κ2) is 4.93. The van der Waals surface area contributed by atoms with Crippen molar-refractivity contribution in [3.8, 4) is 5.75 Å². The van der Waals surface area contributed by atoms with Crippen molar-refractivity contribution in [1.29, 1.82) is 0 Å². The van der Waals surface area contributed by atoms with E-state index in [2.05, 4.69) is 48.0 Å². The lowest BCUT2D eigenvalue weighted by Gasteiger charge is -2.09. The molecular weight excluding hydrogens is 248 g/mol. The largest absolute Gasteiger partial charge is 0.495 e. The summed E-state index contributed by atoms with van der Waals surface area (Å²) in [7, 11) is 1.63. The van der Waals surface area contributed by atoms with E-state index in [-0.39, 0.29) is 0 Å². The first-order chi connectivity index (χ1) is 9.67. The highest BCUT2D eigenvalue weighted by atomic mass is 16.5. The second-order valence-electron chi connectivity index (χ2n) is 5.08. The molecule has 0 radical (unpaired) electrons. The minimum atomic E-state index is 0.678. The summed E-state index contributed by atoms with van der Waals surface area (Å²) in [5, 5.41) is 1.26. The zero-order valence-electron chi connectivity index (χ0n) is 11.8. The minimum absolute atomic E-state index is 0.678. The lowest BCUT2D eigenvalue weighted by Crippen LogP contribution is -2.00. The molecule has 0 saturated heterocycles. The molecule has 1 heterocycles. The molecule has 3 heteroatoms. The fourth-order valence-electron chi connectivity index (χ4n) is 2.51. The first kappa shape index (κ1) is 12.6. The van der Waals surface area contributed by atoms with E-state index in [0.29, 0.717) is 5.69 Å². The van der Waals surface area contributed by atoms with E-state index in [4.69, 9.17) is 10.5 Å². The van der Waals surface area contributed by atoms with Gasteiger partial charge in [0.25, 0.3) is 0 Å². The summed E-state index contributed by atoms with van der Waals surface area (Å²) in [6.45, 7) is 2.92. The molecule has 2 N–H and O–H groups in total. The maximum absolute atomic E-state index is 5.96. The fourth-order valence-corrected chi connectivity index (χ4v) is 2.51. The van der Waals surface area contributed by atoms with Crippen LogP contribution in [0.15, 0.2) is 48.7 Å². The number of aromatic nitrogens is 1. The van der Waals surface area contributed by atoms with Crippen LogP contribution in [0.3, 0.4) is 0 Å². The lowest BCUT2D eigenvalue weighted by molar-refractivity contribution is 0.417. The summed E-state index contributed by atoms with van der Waals surface area (Å²) in [6, 6.07) is 14.6. The summed E-state index contributed by atoms with van der Waals surface area (Å²) in [6.07, 6.45) is 2.12.